The number of nitrogen functional groups attached to an aromatic ring is 1. The van der Waals surface area contributed by atoms with Crippen molar-refractivity contribution >= 4 is 103 Å². The minimum atomic E-state index is -0.464. The lowest BCUT2D eigenvalue weighted by atomic mass is 10.0. The fourth-order valence-corrected chi connectivity index (χ4v) is 8.96. The van der Waals surface area contributed by atoms with Crippen LogP contribution < -0.4 is 46.4 Å². The number of aromatic nitrogens is 4. The van der Waals surface area contributed by atoms with E-state index in [2.05, 4.69) is 20.6 Å². The number of methoxy groups -OCH3 is 4. The Morgan fingerprint density at radius 1 is 0.603 bits per heavy atom. The van der Waals surface area contributed by atoms with Crippen molar-refractivity contribution in [2.24, 2.45) is 14.1 Å². The molecule has 16 nitrogen and oxygen atoms in total. The highest BCUT2D eigenvalue weighted by molar-refractivity contribution is 6.42. The fourth-order valence-electron chi connectivity index (χ4n) is 7.55. The Morgan fingerprint density at radius 2 is 0.985 bits per heavy atom. The first-order chi connectivity index (χ1) is 32.4. The second-order valence-corrected chi connectivity index (χ2v) is 16.7. The molecule has 0 fully saturated rings. The quantitative estimate of drug-likeness (QED) is 0.0628. The maximum Gasteiger partial charge on any atom is 0.292 e. The van der Waals surface area contributed by atoms with Crippen molar-refractivity contribution < 1.29 is 23.9 Å². The Balaban J connectivity index is 0.000000202. The summed E-state index contributed by atoms with van der Waals surface area (Å²) in [5.41, 5.74) is 11.1. The molecule has 0 aliphatic heterocycles. The number of nitrogens with two attached hydrogens (primary N) is 1. The fraction of sp³-hybridized carbons (Fsp3) is 0.167. The number of nitrogens with one attached hydrogen (secondary N) is 2. The van der Waals surface area contributed by atoms with Gasteiger partial charge in [0.1, 0.15) is 40.3 Å². The third-order valence-corrected chi connectivity index (χ3v) is 12.7. The predicted molar refractivity (Wildman–Crippen MR) is 271 cm³/mol. The van der Waals surface area contributed by atoms with Crippen molar-refractivity contribution in [1.29, 1.82) is 0 Å². The molecule has 0 amide bonds. The third kappa shape index (κ3) is 9.10. The van der Waals surface area contributed by atoms with Gasteiger partial charge in [0.2, 0.25) is 0 Å². The lowest BCUT2D eigenvalue weighted by Gasteiger charge is -2.16. The van der Waals surface area contributed by atoms with Crippen LogP contribution in [0.4, 0.5) is 34.4 Å². The molecular weight excluding hydrogens is 958 g/mol. The van der Waals surface area contributed by atoms with E-state index < -0.39 is 4.92 Å². The van der Waals surface area contributed by atoms with Crippen molar-refractivity contribution in [3.63, 3.8) is 0 Å². The minimum absolute atomic E-state index is 0.0765. The monoisotopic (exact) mass is 998 g/mol. The number of hydrogen-bond donors (Lipinski definition) is 3. The number of ether oxygens (including phenoxy) is 4. The van der Waals surface area contributed by atoms with Crippen molar-refractivity contribution in [2.45, 2.75) is 13.8 Å². The summed E-state index contributed by atoms with van der Waals surface area (Å²) in [7, 11) is 9.15. The lowest BCUT2D eigenvalue weighted by Crippen LogP contribution is -2.19. The van der Waals surface area contributed by atoms with Crippen LogP contribution in [-0.4, -0.2) is 52.5 Å². The van der Waals surface area contributed by atoms with E-state index >= 15 is 0 Å². The number of nitro groups is 1. The molecule has 0 spiro atoms. The number of aryl methyl sites for hydroxylation is 4. The molecule has 0 atom stereocenters. The van der Waals surface area contributed by atoms with Crippen LogP contribution in [0, 0.1) is 24.0 Å². The van der Waals surface area contributed by atoms with Gasteiger partial charge in [-0.1, -0.05) is 70.7 Å². The van der Waals surface area contributed by atoms with Crippen LogP contribution in [0.3, 0.4) is 0 Å². The highest BCUT2D eigenvalue weighted by atomic mass is 35.5. The Labute approximate surface area is 408 Å². The van der Waals surface area contributed by atoms with Crippen LogP contribution in [0.15, 0.2) is 94.8 Å². The molecule has 4 heterocycles. The number of para-hydroxylation sites is 2. The van der Waals surface area contributed by atoms with Gasteiger partial charge in [-0.25, -0.2) is 9.97 Å². The van der Waals surface area contributed by atoms with E-state index in [1.54, 1.807) is 81.9 Å². The molecule has 0 saturated heterocycles. The molecule has 0 aliphatic rings. The van der Waals surface area contributed by atoms with Crippen LogP contribution in [0.5, 0.6) is 23.0 Å². The molecule has 4 N–H and O–H groups in total. The molecule has 0 radical (unpaired) electrons. The van der Waals surface area contributed by atoms with Crippen LogP contribution in [0.2, 0.25) is 20.1 Å². The number of nitro benzene ring substituents is 1. The van der Waals surface area contributed by atoms with Gasteiger partial charge in [-0.3, -0.25) is 19.7 Å². The SMILES string of the molecule is COc1cc(OC)c(Cl)c(-c2cc3cnc(Nc4c(C)cccc4N)cc3n(C)c2=O)c1Cl.COc1cc(OC)c(Cl)c(-c2cc3cnc(Nc4c(C)cccc4[N+](=O)[O-])cc3n(C)c2=O)c1Cl. The summed E-state index contributed by atoms with van der Waals surface area (Å²) in [5, 5.41) is 19.9. The standard InChI is InChI=1S/C24H20Cl2N4O5.C24H22Cl2N4O3/c1-12-6-5-7-15(30(32)33)23(12)28-19-9-16-13(11-27-19)8-14(24(31)29(16)2)20-21(25)17(34-3)10-18(35-4)22(20)26;1-12-6-5-7-15(27)23(12)29-19-9-16-13(11-28-19)8-14(24(31)30(16)2)20-21(25)17(32-3)10-18(33-4)22(20)26/h5-11H,1-4H3,(H,27,28);5-11H,27H2,1-4H3,(H,28,29). The Kier molecular flexibility index (Phi) is 14.3. The predicted octanol–water partition coefficient (Wildman–Crippen LogP) is 11.4. The molecule has 0 unspecified atom stereocenters. The summed E-state index contributed by atoms with van der Waals surface area (Å²) in [5.74, 6) is 2.22. The van der Waals surface area contributed by atoms with E-state index in [-0.39, 0.29) is 48.0 Å². The zero-order chi connectivity index (χ0) is 49.3. The Hall–Kier alpha value is -7.24. The van der Waals surface area contributed by atoms with Crippen LogP contribution in [0.1, 0.15) is 11.1 Å². The Bertz CT molecular complexity index is 3380. The van der Waals surface area contributed by atoms with Gasteiger partial charge < -0.3 is 44.4 Å². The first-order valence-electron chi connectivity index (χ1n) is 20.3. The van der Waals surface area contributed by atoms with E-state index in [9.17, 15) is 19.7 Å². The summed E-state index contributed by atoms with van der Waals surface area (Å²) in [6, 6.07) is 20.3. The smallest absolute Gasteiger partial charge is 0.292 e. The van der Waals surface area contributed by atoms with Crippen molar-refractivity contribution in [2.75, 3.05) is 44.8 Å². The van der Waals surface area contributed by atoms with E-state index in [1.807, 2.05) is 25.1 Å². The van der Waals surface area contributed by atoms with Gasteiger partial charge in [0.15, 0.2) is 0 Å². The van der Waals surface area contributed by atoms with Gasteiger partial charge >= 0.3 is 0 Å². The summed E-state index contributed by atoms with van der Waals surface area (Å²) in [6.07, 6.45) is 3.23. The maximum absolute atomic E-state index is 13.4. The number of anilines is 5. The van der Waals surface area contributed by atoms with Gasteiger partial charge in [0.25, 0.3) is 16.8 Å². The average Bonchev–Trinajstić information content (AvgIpc) is 3.32. The van der Waals surface area contributed by atoms with Gasteiger partial charge in [0.05, 0.1) is 87.0 Å². The molecule has 68 heavy (non-hydrogen) atoms. The van der Waals surface area contributed by atoms with E-state index in [4.69, 9.17) is 71.1 Å². The van der Waals surface area contributed by atoms with Gasteiger partial charge in [-0.05, 0) is 43.2 Å². The summed E-state index contributed by atoms with van der Waals surface area (Å²) in [4.78, 5) is 46.6. The summed E-state index contributed by atoms with van der Waals surface area (Å²) < 4.78 is 24.3. The second kappa shape index (κ2) is 19.9. The summed E-state index contributed by atoms with van der Waals surface area (Å²) >= 11 is 26.2. The highest BCUT2D eigenvalue weighted by Gasteiger charge is 2.25. The third-order valence-electron chi connectivity index (χ3n) is 11.2. The Morgan fingerprint density at radius 3 is 1.37 bits per heavy atom. The topological polar surface area (TPSA) is 200 Å². The van der Waals surface area contributed by atoms with Crippen molar-refractivity contribution in [1.82, 2.24) is 19.1 Å². The number of hydrogen-bond acceptors (Lipinski definition) is 13. The molecule has 0 bridgehead atoms. The molecule has 4 aromatic heterocycles. The first-order valence-corrected chi connectivity index (χ1v) is 21.8. The van der Waals surface area contributed by atoms with Gasteiger partial charge in [-0.2, -0.15) is 0 Å². The number of halogens is 4. The second-order valence-electron chi connectivity index (χ2n) is 15.2. The van der Waals surface area contributed by atoms with Crippen LogP contribution in [-0.2, 0) is 14.1 Å². The molecule has 350 valence electrons. The molecule has 0 aliphatic carbocycles. The zero-order valence-corrected chi connectivity index (χ0v) is 40.7. The summed E-state index contributed by atoms with van der Waals surface area (Å²) in [6.45, 7) is 3.71. The normalized spacial score (nSPS) is 10.9. The van der Waals surface area contributed by atoms with Crippen LogP contribution >= 0.6 is 46.4 Å². The maximum atomic E-state index is 13.4. The molecule has 8 aromatic rings. The lowest BCUT2D eigenvalue weighted by molar-refractivity contribution is -0.384. The molecule has 4 aromatic carbocycles. The van der Waals surface area contributed by atoms with Gasteiger partial charge in [0, 0.05) is 78.7 Å². The number of benzene rings is 4. The number of nitrogens with zero attached hydrogens (tertiary/aromatic N) is 5. The first kappa shape index (κ1) is 48.7. The highest BCUT2D eigenvalue weighted by Crippen LogP contribution is 2.47. The number of rotatable bonds is 11. The zero-order valence-electron chi connectivity index (χ0n) is 37.7. The van der Waals surface area contributed by atoms with Crippen molar-refractivity contribution in [3.8, 4) is 45.3 Å². The largest absolute Gasteiger partial charge is 0.495 e. The van der Waals surface area contributed by atoms with Crippen molar-refractivity contribution in [3.05, 3.63) is 147 Å². The minimum Gasteiger partial charge on any atom is -0.495 e. The molecule has 20 heteroatoms. The van der Waals surface area contributed by atoms with Gasteiger partial charge in [-0.15, -0.1) is 0 Å². The molecular formula is C48H42Cl4N8O8. The van der Waals surface area contributed by atoms with Crippen LogP contribution in [0.25, 0.3) is 44.1 Å². The van der Waals surface area contributed by atoms with E-state index in [1.165, 1.54) is 43.6 Å². The average molecular weight is 1000 g/mol. The molecule has 8 rings (SSSR count). The molecule has 0 saturated carbocycles. The van der Waals surface area contributed by atoms with E-state index in [0.717, 1.165) is 16.6 Å². The number of pyridine rings is 4. The number of fused-ring (bicyclic) bond motifs is 2. The van der Waals surface area contributed by atoms with E-state index in [0.29, 0.717) is 79.1 Å².